The molecule has 160 valence electrons. The van der Waals surface area contributed by atoms with Crippen molar-refractivity contribution in [1.82, 2.24) is 5.32 Å². The average molecular weight is 439 g/mol. The Balaban J connectivity index is 1.57. The molecule has 0 saturated heterocycles. The molecule has 0 atom stereocenters. The maximum absolute atomic E-state index is 12.5. The third-order valence-corrected chi connectivity index (χ3v) is 5.74. The number of esters is 1. The van der Waals surface area contributed by atoms with Gasteiger partial charge in [0.2, 0.25) is 0 Å². The van der Waals surface area contributed by atoms with E-state index in [1.807, 2.05) is 37.3 Å². The van der Waals surface area contributed by atoms with Crippen LogP contribution in [0.3, 0.4) is 0 Å². The molecule has 7 nitrogen and oxygen atoms in total. The Bertz CT molecular complexity index is 1160. The number of aryl methyl sites for hydroxylation is 1. The molecule has 0 heterocycles. The van der Waals surface area contributed by atoms with Crippen LogP contribution in [-0.2, 0) is 26.2 Å². The summed E-state index contributed by atoms with van der Waals surface area (Å²) in [7, 11) is -3.79. The fourth-order valence-corrected chi connectivity index (χ4v) is 3.75. The lowest BCUT2D eigenvalue weighted by Gasteiger charge is -2.10. The standard InChI is InChI=1S/C23H22N2O5S/c1-17-10-12-21(13-11-17)31(28,29)25-20-9-5-8-19(14-20)23(27)24-15-22(26)30-16-18-6-3-2-4-7-18/h2-14,25H,15-16H2,1H3,(H,24,27). The summed E-state index contributed by atoms with van der Waals surface area (Å²) in [6.45, 7) is 1.68. The number of hydrogen-bond donors (Lipinski definition) is 2. The number of carbonyl (C=O) groups is 2. The molecule has 1 amide bonds. The fraction of sp³-hybridized carbons (Fsp3) is 0.130. The molecule has 0 aliphatic heterocycles. The normalized spacial score (nSPS) is 10.9. The van der Waals surface area contributed by atoms with Crippen molar-refractivity contribution < 1.29 is 22.7 Å². The van der Waals surface area contributed by atoms with Gasteiger partial charge in [-0.2, -0.15) is 0 Å². The van der Waals surface area contributed by atoms with Gasteiger partial charge in [-0.15, -0.1) is 0 Å². The van der Waals surface area contributed by atoms with Crippen molar-refractivity contribution in [1.29, 1.82) is 0 Å². The van der Waals surface area contributed by atoms with Crippen molar-refractivity contribution >= 4 is 27.6 Å². The number of amides is 1. The van der Waals surface area contributed by atoms with Gasteiger partial charge in [-0.1, -0.05) is 54.1 Å². The van der Waals surface area contributed by atoms with E-state index >= 15 is 0 Å². The lowest BCUT2D eigenvalue weighted by atomic mass is 10.2. The Hall–Kier alpha value is -3.65. The Morgan fingerprint density at radius 3 is 2.32 bits per heavy atom. The predicted molar refractivity (Wildman–Crippen MR) is 117 cm³/mol. The third-order valence-electron chi connectivity index (χ3n) is 4.34. The Morgan fingerprint density at radius 2 is 1.61 bits per heavy atom. The number of benzene rings is 3. The maximum atomic E-state index is 12.5. The molecule has 0 radical (unpaired) electrons. The van der Waals surface area contributed by atoms with Gasteiger partial charge in [0.1, 0.15) is 13.2 Å². The van der Waals surface area contributed by atoms with Crippen molar-refractivity contribution in [2.45, 2.75) is 18.4 Å². The first kappa shape index (κ1) is 22.0. The summed E-state index contributed by atoms with van der Waals surface area (Å²) < 4.78 is 32.6. The van der Waals surface area contributed by atoms with E-state index < -0.39 is 21.9 Å². The van der Waals surface area contributed by atoms with Crippen molar-refractivity contribution in [3.63, 3.8) is 0 Å². The van der Waals surface area contributed by atoms with Crippen LogP contribution in [0.5, 0.6) is 0 Å². The van der Waals surface area contributed by atoms with E-state index in [1.165, 1.54) is 30.3 Å². The third kappa shape index (κ3) is 6.42. The van der Waals surface area contributed by atoms with E-state index in [2.05, 4.69) is 10.0 Å². The first-order chi connectivity index (χ1) is 14.8. The van der Waals surface area contributed by atoms with Gasteiger partial charge in [-0.05, 0) is 42.8 Å². The Labute approximate surface area is 181 Å². The molecule has 0 aliphatic rings. The van der Waals surface area contributed by atoms with Crippen LogP contribution in [-0.4, -0.2) is 26.8 Å². The molecule has 0 aliphatic carbocycles. The van der Waals surface area contributed by atoms with Crippen LogP contribution in [0.2, 0.25) is 0 Å². The summed E-state index contributed by atoms with van der Waals surface area (Å²) in [4.78, 5) is 24.3. The molecule has 0 saturated carbocycles. The minimum Gasteiger partial charge on any atom is -0.460 e. The summed E-state index contributed by atoms with van der Waals surface area (Å²) in [5.74, 6) is -1.10. The largest absolute Gasteiger partial charge is 0.460 e. The molecule has 0 bridgehead atoms. The van der Waals surface area contributed by atoms with Crippen LogP contribution < -0.4 is 10.0 Å². The van der Waals surface area contributed by atoms with Crippen LogP contribution in [0.15, 0.2) is 83.8 Å². The molecule has 0 unspecified atom stereocenters. The highest BCUT2D eigenvalue weighted by molar-refractivity contribution is 7.92. The monoisotopic (exact) mass is 438 g/mol. The SMILES string of the molecule is Cc1ccc(S(=O)(=O)Nc2cccc(C(=O)NCC(=O)OCc3ccccc3)c2)cc1. The highest BCUT2D eigenvalue weighted by Crippen LogP contribution is 2.18. The molecule has 0 fully saturated rings. The molecule has 3 rings (SSSR count). The molecule has 0 aromatic heterocycles. The molecule has 8 heteroatoms. The molecule has 3 aromatic rings. The van der Waals surface area contributed by atoms with E-state index in [0.29, 0.717) is 0 Å². The van der Waals surface area contributed by atoms with Gasteiger partial charge in [0.15, 0.2) is 0 Å². The van der Waals surface area contributed by atoms with Gasteiger partial charge in [-0.25, -0.2) is 8.42 Å². The lowest BCUT2D eigenvalue weighted by molar-refractivity contribution is -0.143. The van der Waals surface area contributed by atoms with E-state index in [9.17, 15) is 18.0 Å². The summed E-state index contributed by atoms with van der Waals surface area (Å²) in [6.07, 6.45) is 0. The number of ether oxygens (including phenoxy) is 1. The summed E-state index contributed by atoms with van der Waals surface area (Å²) in [5.41, 5.74) is 2.23. The summed E-state index contributed by atoms with van der Waals surface area (Å²) in [5, 5.41) is 2.47. The van der Waals surface area contributed by atoms with E-state index in [0.717, 1.165) is 11.1 Å². The predicted octanol–water partition coefficient (Wildman–Crippen LogP) is 3.27. The minimum absolute atomic E-state index is 0.117. The average Bonchev–Trinajstić information content (AvgIpc) is 2.77. The molecule has 3 aromatic carbocycles. The van der Waals surface area contributed by atoms with Crippen LogP contribution >= 0.6 is 0 Å². The van der Waals surface area contributed by atoms with Gasteiger partial charge >= 0.3 is 5.97 Å². The Kier molecular flexibility index (Phi) is 7.04. The number of rotatable bonds is 8. The van der Waals surface area contributed by atoms with Gasteiger partial charge in [-0.3, -0.25) is 14.3 Å². The second-order valence-corrected chi connectivity index (χ2v) is 8.51. The summed E-state index contributed by atoms with van der Waals surface area (Å²) >= 11 is 0. The van der Waals surface area contributed by atoms with Crippen molar-refractivity contribution in [3.8, 4) is 0 Å². The van der Waals surface area contributed by atoms with Crippen LogP contribution in [0.25, 0.3) is 0 Å². The van der Waals surface area contributed by atoms with Crippen molar-refractivity contribution in [2.75, 3.05) is 11.3 Å². The van der Waals surface area contributed by atoms with E-state index in [4.69, 9.17) is 4.74 Å². The van der Waals surface area contributed by atoms with Crippen LogP contribution in [0, 0.1) is 6.92 Å². The quantitative estimate of drug-likeness (QED) is 0.526. The smallest absolute Gasteiger partial charge is 0.325 e. The lowest BCUT2D eigenvalue weighted by Crippen LogP contribution is -2.30. The first-order valence-electron chi connectivity index (χ1n) is 9.51. The topological polar surface area (TPSA) is 102 Å². The second-order valence-electron chi connectivity index (χ2n) is 6.83. The zero-order chi connectivity index (χ0) is 22.3. The summed E-state index contributed by atoms with van der Waals surface area (Å²) in [6, 6.07) is 21.6. The van der Waals surface area contributed by atoms with Gasteiger partial charge in [0.05, 0.1) is 4.90 Å². The van der Waals surface area contributed by atoms with E-state index in [-0.39, 0.29) is 29.3 Å². The zero-order valence-corrected chi connectivity index (χ0v) is 17.7. The van der Waals surface area contributed by atoms with Crippen LogP contribution in [0.4, 0.5) is 5.69 Å². The second kappa shape index (κ2) is 9.90. The number of carbonyl (C=O) groups excluding carboxylic acids is 2. The molecule has 31 heavy (non-hydrogen) atoms. The van der Waals surface area contributed by atoms with Gasteiger partial charge in [0.25, 0.3) is 15.9 Å². The number of hydrogen-bond acceptors (Lipinski definition) is 5. The Morgan fingerprint density at radius 1 is 0.903 bits per heavy atom. The highest BCUT2D eigenvalue weighted by atomic mass is 32.2. The molecule has 0 spiro atoms. The number of anilines is 1. The van der Waals surface area contributed by atoms with Crippen molar-refractivity contribution in [3.05, 3.63) is 95.6 Å². The van der Waals surface area contributed by atoms with Gasteiger partial charge < -0.3 is 10.1 Å². The van der Waals surface area contributed by atoms with Gasteiger partial charge in [0, 0.05) is 11.3 Å². The minimum atomic E-state index is -3.79. The molecule has 2 N–H and O–H groups in total. The highest BCUT2D eigenvalue weighted by Gasteiger charge is 2.15. The number of sulfonamides is 1. The molecular formula is C23H22N2O5S. The molecular weight excluding hydrogens is 416 g/mol. The first-order valence-corrected chi connectivity index (χ1v) is 11.0. The van der Waals surface area contributed by atoms with E-state index in [1.54, 1.807) is 18.2 Å². The fourth-order valence-electron chi connectivity index (χ4n) is 2.70. The number of nitrogens with one attached hydrogen (secondary N) is 2. The zero-order valence-electron chi connectivity index (χ0n) is 16.9. The maximum Gasteiger partial charge on any atom is 0.325 e. The van der Waals surface area contributed by atoms with Crippen LogP contribution in [0.1, 0.15) is 21.5 Å². The van der Waals surface area contributed by atoms with Crippen molar-refractivity contribution in [2.24, 2.45) is 0 Å².